The van der Waals surface area contributed by atoms with Crippen molar-refractivity contribution < 1.29 is 17.6 Å². The minimum Gasteiger partial charge on any atom is -0.286 e. The van der Waals surface area contributed by atoms with E-state index in [4.69, 9.17) is 0 Å². The van der Waals surface area contributed by atoms with E-state index in [-0.39, 0.29) is 17.1 Å². The minimum atomic E-state index is -3.63. The van der Waals surface area contributed by atoms with E-state index in [0.29, 0.717) is 6.54 Å². The Morgan fingerprint density at radius 1 is 1.08 bits per heavy atom. The Kier molecular flexibility index (Phi) is 6.14. The Morgan fingerprint density at radius 2 is 1.68 bits per heavy atom. The minimum absolute atomic E-state index is 0.00702. The van der Waals surface area contributed by atoms with Gasteiger partial charge in [0.2, 0.25) is 5.91 Å². The van der Waals surface area contributed by atoms with Crippen molar-refractivity contribution in [1.29, 1.82) is 0 Å². The summed E-state index contributed by atoms with van der Waals surface area (Å²) in [7, 11) is -3.63. The van der Waals surface area contributed by atoms with E-state index in [9.17, 15) is 17.6 Å². The number of halogens is 1. The molecule has 0 aliphatic heterocycles. The van der Waals surface area contributed by atoms with Gasteiger partial charge in [-0.05, 0) is 50.2 Å². The highest BCUT2D eigenvalue weighted by Gasteiger charge is 2.17. The molecule has 2 aromatic rings. The van der Waals surface area contributed by atoms with E-state index >= 15 is 0 Å². The van der Waals surface area contributed by atoms with Crippen molar-refractivity contribution >= 4 is 21.4 Å². The molecule has 0 atom stereocenters. The smallest absolute Gasteiger partial charge is 0.239 e. The number of rotatable bonds is 7. The molecule has 0 aromatic heterocycles. The van der Waals surface area contributed by atoms with Crippen LogP contribution in [0.3, 0.4) is 0 Å². The highest BCUT2D eigenvalue weighted by molar-refractivity contribution is 7.91. The third-order valence-corrected chi connectivity index (χ3v) is 5.42. The van der Waals surface area contributed by atoms with E-state index in [2.05, 4.69) is 5.43 Å². The second kappa shape index (κ2) is 8.11. The molecule has 0 spiro atoms. The van der Waals surface area contributed by atoms with Crippen LogP contribution in [0.1, 0.15) is 18.9 Å². The summed E-state index contributed by atoms with van der Waals surface area (Å²) >= 11 is 0. The maximum atomic E-state index is 12.9. The molecule has 2 rings (SSSR count). The molecule has 134 valence electrons. The summed E-state index contributed by atoms with van der Waals surface area (Å²) in [5.41, 5.74) is 4.64. The Morgan fingerprint density at radius 3 is 2.24 bits per heavy atom. The largest absolute Gasteiger partial charge is 0.286 e. The van der Waals surface area contributed by atoms with E-state index < -0.39 is 21.6 Å². The fraction of sp³-hybridized carbons (Fsp3) is 0.278. The van der Waals surface area contributed by atoms with Gasteiger partial charge in [-0.3, -0.25) is 15.2 Å². The molecule has 1 amide bonds. The third-order valence-electron chi connectivity index (χ3n) is 3.69. The summed E-state index contributed by atoms with van der Waals surface area (Å²) < 4.78 is 37.3. The van der Waals surface area contributed by atoms with Crippen molar-refractivity contribution in [1.82, 2.24) is 5.43 Å². The van der Waals surface area contributed by atoms with E-state index in [0.717, 1.165) is 23.4 Å². The van der Waals surface area contributed by atoms with Gasteiger partial charge >= 0.3 is 0 Å². The van der Waals surface area contributed by atoms with Crippen molar-refractivity contribution in [2.24, 2.45) is 0 Å². The monoisotopic (exact) mass is 364 g/mol. The molecule has 0 aliphatic carbocycles. The van der Waals surface area contributed by atoms with Crippen molar-refractivity contribution in [3.8, 4) is 0 Å². The first-order chi connectivity index (χ1) is 11.8. The zero-order valence-electron chi connectivity index (χ0n) is 14.2. The van der Waals surface area contributed by atoms with Crippen LogP contribution in [-0.4, -0.2) is 26.6 Å². The fourth-order valence-corrected chi connectivity index (χ4v) is 3.48. The first-order valence-electron chi connectivity index (χ1n) is 7.94. The van der Waals surface area contributed by atoms with Gasteiger partial charge in [0.05, 0.1) is 16.3 Å². The zero-order valence-corrected chi connectivity index (χ0v) is 15.0. The molecule has 25 heavy (non-hydrogen) atoms. The quantitative estimate of drug-likeness (QED) is 0.606. The molecule has 0 unspecified atom stereocenters. The normalized spacial score (nSPS) is 11.2. The number of nitrogens with one attached hydrogen (secondary N) is 1. The standard InChI is InChI=1S/C18H21FN2O3S/c1-3-21(16-8-4-14(2)5-9-16)20-18(22)12-13-25(23,24)17-10-6-15(19)7-11-17/h4-11H,3,12-13H2,1-2H3,(H,20,22). The van der Waals surface area contributed by atoms with Crippen LogP contribution in [0.2, 0.25) is 0 Å². The van der Waals surface area contributed by atoms with Gasteiger partial charge in [0.15, 0.2) is 9.84 Å². The van der Waals surface area contributed by atoms with Crippen molar-refractivity contribution in [3.63, 3.8) is 0 Å². The number of anilines is 1. The molecule has 0 fully saturated rings. The Balaban J connectivity index is 1.97. The zero-order chi connectivity index (χ0) is 18.4. The van der Waals surface area contributed by atoms with Crippen molar-refractivity contribution in [2.75, 3.05) is 17.3 Å². The van der Waals surface area contributed by atoms with Crippen LogP contribution in [0.25, 0.3) is 0 Å². The third kappa shape index (κ3) is 5.29. The molecule has 0 saturated heterocycles. The summed E-state index contributed by atoms with van der Waals surface area (Å²) in [5, 5.41) is 1.66. The van der Waals surface area contributed by atoms with Gasteiger partial charge in [-0.1, -0.05) is 17.7 Å². The number of nitrogens with zero attached hydrogens (tertiary/aromatic N) is 1. The van der Waals surface area contributed by atoms with Crippen LogP contribution in [0.5, 0.6) is 0 Å². The predicted molar refractivity (Wildman–Crippen MR) is 95.4 cm³/mol. The van der Waals surface area contributed by atoms with Crippen LogP contribution in [-0.2, 0) is 14.6 Å². The number of carbonyl (C=O) groups excluding carboxylic acids is 1. The molecule has 0 saturated carbocycles. The van der Waals surface area contributed by atoms with Gasteiger partial charge < -0.3 is 0 Å². The first-order valence-corrected chi connectivity index (χ1v) is 9.59. The molecular formula is C18H21FN2O3S. The number of hydrazine groups is 1. The topological polar surface area (TPSA) is 66.5 Å². The molecule has 0 heterocycles. The number of sulfone groups is 1. The van der Waals surface area contributed by atoms with Gasteiger partial charge in [-0.2, -0.15) is 0 Å². The number of hydrogen-bond acceptors (Lipinski definition) is 4. The maximum absolute atomic E-state index is 12.9. The molecule has 5 nitrogen and oxygen atoms in total. The van der Waals surface area contributed by atoms with Crippen LogP contribution in [0.15, 0.2) is 53.4 Å². The van der Waals surface area contributed by atoms with Gasteiger partial charge in [-0.15, -0.1) is 0 Å². The highest BCUT2D eigenvalue weighted by atomic mass is 32.2. The molecule has 7 heteroatoms. The summed E-state index contributed by atoms with van der Waals surface area (Å²) in [4.78, 5) is 12.1. The van der Waals surface area contributed by atoms with Gasteiger partial charge in [0.25, 0.3) is 0 Å². The molecule has 0 bridgehead atoms. The second-order valence-corrected chi connectivity index (χ2v) is 7.75. The Labute approximate surface area is 147 Å². The molecular weight excluding hydrogens is 343 g/mol. The summed E-state index contributed by atoms with van der Waals surface area (Å²) in [5.74, 6) is -1.24. The fourth-order valence-electron chi connectivity index (χ4n) is 2.24. The van der Waals surface area contributed by atoms with Crippen molar-refractivity contribution in [2.45, 2.75) is 25.2 Å². The molecule has 0 radical (unpaired) electrons. The maximum Gasteiger partial charge on any atom is 0.239 e. The predicted octanol–water partition coefficient (Wildman–Crippen LogP) is 2.86. The van der Waals surface area contributed by atoms with E-state index in [1.807, 2.05) is 38.1 Å². The average Bonchev–Trinajstić information content (AvgIpc) is 2.59. The van der Waals surface area contributed by atoms with E-state index in [1.54, 1.807) is 5.01 Å². The summed E-state index contributed by atoms with van der Waals surface area (Å²) in [6, 6.07) is 12.2. The second-order valence-electron chi connectivity index (χ2n) is 5.64. The number of hydrogen-bond donors (Lipinski definition) is 1. The summed E-state index contributed by atoms with van der Waals surface area (Å²) in [6.45, 7) is 4.40. The molecule has 1 N–H and O–H groups in total. The van der Waals surface area contributed by atoms with E-state index in [1.165, 1.54) is 12.1 Å². The lowest BCUT2D eigenvalue weighted by Crippen LogP contribution is -2.42. The lowest BCUT2D eigenvalue weighted by atomic mass is 10.2. The van der Waals surface area contributed by atoms with Crippen LogP contribution in [0.4, 0.5) is 10.1 Å². The number of aryl methyl sites for hydroxylation is 1. The van der Waals surface area contributed by atoms with Crippen molar-refractivity contribution in [3.05, 3.63) is 59.9 Å². The number of benzene rings is 2. The average molecular weight is 364 g/mol. The van der Waals surface area contributed by atoms with Gasteiger partial charge in [0.1, 0.15) is 5.82 Å². The van der Waals surface area contributed by atoms with Crippen LogP contribution < -0.4 is 10.4 Å². The number of carbonyl (C=O) groups is 1. The lowest BCUT2D eigenvalue weighted by Gasteiger charge is -2.24. The lowest BCUT2D eigenvalue weighted by molar-refractivity contribution is -0.120. The molecule has 0 aliphatic rings. The van der Waals surface area contributed by atoms with Crippen LogP contribution >= 0.6 is 0 Å². The SMILES string of the molecule is CCN(NC(=O)CCS(=O)(=O)c1ccc(F)cc1)c1ccc(C)cc1. The first kappa shape index (κ1) is 18.9. The summed E-state index contributed by atoms with van der Waals surface area (Å²) in [6.07, 6.45) is -0.179. The number of amides is 1. The van der Waals surface area contributed by atoms with Gasteiger partial charge in [0, 0.05) is 13.0 Å². The highest BCUT2D eigenvalue weighted by Crippen LogP contribution is 2.14. The Bertz CT molecular complexity index is 818. The Hall–Kier alpha value is -2.41. The van der Waals surface area contributed by atoms with Gasteiger partial charge in [-0.25, -0.2) is 12.8 Å². The molecule has 2 aromatic carbocycles. The van der Waals surface area contributed by atoms with Crippen LogP contribution in [0, 0.1) is 12.7 Å².